The summed E-state index contributed by atoms with van der Waals surface area (Å²) in [6.07, 6.45) is 4.00. The Bertz CT molecular complexity index is 1570. The Balaban J connectivity index is 1.81. The lowest BCUT2D eigenvalue weighted by Crippen LogP contribution is -2.21. The zero-order valence-corrected chi connectivity index (χ0v) is 20.5. The lowest BCUT2D eigenvalue weighted by atomic mass is 10.0. The number of fused-ring (bicyclic) bond motifs is 2. The highest BCUT2D eigenvalue weighted by Crippen LogP contribution is 2.42. The van der Waals surface area contributed by atoms with Crippen LogP contribution in [0.25, 0.3) is 33.4 Å². The molecule has 4 aromatic carbocycles. The van der Waals surface area contributed by atoms with Crippen LogP contribution in [0.2, 0.25) is 0 Å². The number of methoxy groups -OCH3 is 2. The van der Waals surface area contributed by atoms with Crippen molar-refractivity contribution in [2.24, 2.45) is 0 Å². The van der Waals surface area contributed by atoms with E-state index in [-0.39, 0.29) is 5.56 Å². The quantitative estimate of drug-likeness (QED) is 0.262. The van der Waals surface area contributed by atoms with Crippen molar-refractivity contribution >= 4 is 43.7 Å². The van der Waals surface area contributed by atoms with Crippen LogP contribution in [0.15, 0.2) is 94.2 Å². The van der Waals surface area contributed by atoms with Crippen molar-refractivity contribution in [1.29, 1.82) is 0 Å². The van der Waals surface area contributed by atoms with Gasteiger partial charge in [-0.1, -0.05) is 82.7 Å². The number of hydrogen-bond acceptors (Lipinski definition) is 3. The third-order valence-electron chi connectivity index (χ3n) is 5.86. The molecule has 5 nitrogen and oxygen atoms in total. The second kappa shape index (κ2) is 9.23. The van der Waals surface area contributed by atoms with Gasteiger partial charge in [-0.3, -0.25) is 4.79 Å². The number of nitrogens with zero attached hydrogens (tertiary/aromatic N) is 2. The fourth-order valence-corrected chi connectivity index (χ4v) is 4.65. The number of ether oxygens (including phenoxy) is 2. The molecule has 6 heteroatoms. The molecule has 170 valence electrons. The average molecular weight is 515 g/mol. The number of allylic oxidation sites excluding steroid dienone is 1. The summed E-state index contributed by atoms with van der Waals surface area (Å²) < 4.78 is 16.4. The van der Waals surface area contributed by atoms with E-state index in [1.807, 2.05) is 95.7 Å². The number of rotatable bonds is 6. The molecular weight excluding hydrogens is 492 g/mol. The van der Waals surface area contributed by atoms with Crippen LogP contribution >= 0.6 is 15.9 Å². The highest BCUT2D eigenvalue weighted by atomic mass is 79.9. The van der Waals surface area contributed by atoms with Gasteiger partial charge in [-0.2, -0.15) is 0 Å². The molecule has 1 heterocycles. The van der Waals surface area contributed by atoms with Crippen molar-refractivity contribution in [3.8, 4) is 17.2 Å². The van der Waals surface area contributed by atoms with Gasteiger partial charge < -0.3 is 9.47 Å². The second-order valence-corrected chi connectivity index (χ2v) is 8.74. The number of benzene rings is 4. The zero-order valence-electron chi connectivity index (χ0n) is 18.9. The summed E-state index contributed by atoms with van der Waals surface area (Å²) in [5.41, 5.74) is 2.47. The Morgan fingerprint density at radius 3 is 2.09 bits per heavy atom. The van der Waals surface area contributed by atoms with Crippen LogP contribution in [0, 0.1) is 0 Å². The first-order valence-electron chi connectivity index (χ1n) is 10.9. The van der Waals surface area contributed by atoms with Crippen molar-refractivity contribution < 1.29 is 9.47 Å². The van der Waals surface area contributed by atoms with E-state index in [4.69, 9.17) is 9.47 Å². The third kappa shape index (κ3) is 3.70. The predicted octanol–water partition coefficient (Wildman–Crippen LogP) is 6.44. The largest absolute Gasteiger partial charge is 0.495 e. The van der Waals surface area contributed by atoms with Gasteiger partial charge in [0.15, 0.2) is 5.75 Å². The van der Waals surface area contributed by atoms with E-state index in [2.05, 4.69) is 15.9 Å². The summed E-state index contributed by atoms with van der Waals surface area (Å²) in [6.45, 7) is 0.376. The van der Waals surface area contributed by atoms with Crippen LogP contribution in [0.5, 0.6) is 11.5 Å². The first-order chi connectivity index (χ1) is 16.6. The van der Waals surface area contributed by atoms with Gasteiger partial charge in [0.25, 0.3) is 5.56 Å². The van der Waals surface area contributed by atoms with Gasteiger partial charge >= 0.3 is 0 Å². The molecule has 0 aliphatic carbocycles. The Hall–Kier alpha value is -3.77. The SMILES string of the molecule is COc1c2ccccc2c(OC)c2c1c(=O)n(C/C=C/c1ccc(Br)cc1)n2-c1ccccc1. The molecule has 0 fully saturated rings. The topological polar surface area (TPSA) is 45.4 Å². The van der Waals surface area contributed by atoms with E-state index in [0.717, 1.165) is 26.5 Å². The minimum absolute atomic E-state index is 0.139. The van der Waals surface area contributed by atoms with E-state index in [1.165, 1.54) is 0 Å². The Kier molecular flexibility index (Phi) is 5.99. The van der Waals surface area contributed by atoms with Crippen LogP contribution in [0.4, 0.5) is 0 Å². The van der Waals surface area contributed by atoms with Gasteiger partial charge in [0.1, 0.15) is 16.7 Å². The number of para-hydroxylation sites is 1. The van der Waals surface area contributed by atoms with Crippen LogP contribution in [-0.4, -0.2) is 23.6 Å². The number of halogens is 1. The molecule has 0 aliphatic rings. The molecule has 0 saturated heterocycles. The predicted molar refractivity (Wildman–Crippen MR) is 141 cm³/mol. The fourth-order valence-electron chi connectivity index (χ4n) is 4.39. The van der Waals surface area contributed by atoms with Crippen LogP contribution in [0.1, 0.15) is 5.56 Å². The molecule has 0 amide bonds. The average Bonchev–Trinajstić information content (AvgIpc) is 3.16. The van der Waals surface area contributed by atoms with E-state index in [0.29, 0.717) is 28.9 Å². The molecule has 5 aromatic rings. The molecule has 34 heavy (non-hydrogen) atoms. The van der Waals surface area contributed by atoms with Gasteiger partial charge in [-0.25, -0.2) is 9.36 Å². The number of aromatic nitrogens is 2. The highest BCUT2D eigenvalue weighted by Gasteiger charge is 2.25. The molecule has 0 radical (unpaired) electrons. The molecule has 0 aliphatic heterocycles. The highest BCUT2D eigenvalue weighted by molar-refractivity contribution is 9.10. The van der Waals surface area contributed by atoms with Crippen molar-refractivity contribution in [3.05, 3.63) is 105 Å². The fraction of sp³-hybridized carbons (Fsp3) is 0.107. The van der Waals surface area contributed by atoms with E-state index < -0.39 is 0 Å². The zero-order chi connectivity index (χ0) is 23.7. The van der Waals surface area contributed by atoms with E-state index in [9.17, 15) is 4.79 Å². The van der Waals surface area contributed by atoms with Crippen molar-refractivity contribution in [3.63, 3.8) is 0 Å². The monoisotopic (exact) mass is 514 g/mol. The van der Waals surface area contributed by atoms with Gasteiger partial charge in [0, 0.05) is 15.2 Å². The maximum atomic E-state index is 13.9. The van der Waals surface area contributed by atoms with E-state index in [1.54, 1.807) is 18.9 Å². The molecule has 0 bridgehead atoms. The van der Waals surface area contributed by atoms with Crippen molar-refractivity contribution in [2.75, 3.05) is 14.2 Å². The first-order valence-corrected chi connectivity index (χ1v) is 11.7. The van der Waals surface area contributed by atoms with Crippen molar-refractivity contribution in [2.45, 2.75) is 6.54 Å². The minimum Gasteiger partial charge on any atom is -0.495 e. The lowest BCUT2D eigenvalue weighted by Gasteiger charge is -2.15. The van der Waals surface area contributed by atoms with Crippen LogP contribution in [0.3, 0.4) is 0 Å². The summed E-state index contributed by atoms with van der Waals surface area (Å²) in [5, 5.41) is 2.23. The Morgan fingerprint density at radius 2 is 1.44 bits per heavy atom. The molecular formula is C28H23BrN2O3. The molecule has 0 unspecified atom stereocenters. The lowest BCUT2D eigenvalue weighted by molar-refractivity contribution is 0.416. The van der Waals surface area contributed by atoms with Crippen LogP contribution < -0.4 is 15.0 Å². The first kappa shape index (κ1) is 22.0. The number of hydrogen-bond donors (Lipinski definition) is 0. The normalized spacial score (nSPS) is 11.5. The summed E-state index contributed by atoms with van der Waals surface area (Å²) in [7, 11) is 3.24. The van der Waals surface area contributed by atoms with E-state index >= 15 is 0 Å². The molecule has 0 atom stereocenters. The van der Waals surface area contributed by atoms with Crippen molar-refractivity contribution in [1.82, 2.24) is 9.36 Å². The standard InChI is InChI=1S/C28H23BrN2O3/c1-33-26-22-12-6-7-13-23(22)27(34-2)25-24(26)28(32)30(31(25)21-10-4-3-5-11-21)18-8-9-19-14-16-20(29)17-15-19/h3-17H,18H2,1-2H3/b9-8+. The Morgan fingerprint density at radius 1 is 0.824 bits per heavy atom. The Labute approximate surface area is 205 Å². The van der Waals surface area contributed by atoms with Gasteiger partial charge in [0.2, 0.25) is 0 Å². The molecule has 5 rings (SSSR count). The molecule has 1 aromatic heterocycles. The van der Waals surface area contributed by atoms with Gasteiger partial charge in [0.05, 0.1) is 26.5 Å². The summed E-state index contributed by atoms with van der Waals surface area (Å²) in [6, 6.07) is 25.7. The molecule has 0 saturated carbocycles. The van der Waals surface area contributed by atoms with Gasteiger partial charge in [-0.15, -0.1) is 0 Å². The molecule has 0 N–H and O–H groups in total. The minimum atomic E-state index is -0.139. The second-order valence-electron chi connectivity index (χ2n) is 7.82. The van der Waals surface area contributed by atoms with Gasteiger partial charge in [-0.05, 0) is 29.8 Å². The molecule has 0 spiro atoms. The smallest absolute Gasteiger partial charge is 0.279 e. The summed E-state index contributed by atoms with van der Waals surface area (Å²) in [5.74, 6) is 1.19. The summed E-state index contributed by atoms with van der Waals surface area (Å²) >= 11 is 3.46. The maximum absolute atomic E-state index is 13.9. The summed E-state index contributed by atoms with van der Waals surface area (Å²) in [4.78, 5) is 13.9. The third-order valence-corrected chi connectivity index (χ3v) is 6.39. The van der Waals surface area contributed by atoms with Crippen LogP contribution in [-0.2, 0) is 6.54 Å². The maximum Gasteiger partial charge on any atom is 0.279 e.